The van der Waals surface area contributed by atoms with Crippen molar-refractivity contribution in [2.24, 2.45) is 0 Å². The summed E-state index contributed by atoms with van der Waals surface area (Å²) in [6.07, 6.45) is 7.55. The van der Waals surface area contributed by atoms with Crippen molar-refractivity contribution in [2.75, 3.05) is 20.3 Å². The van der Waals surface area contributed by atoms with Crippen molar-refractivity contribution in [3.8, 4) is 0 Å². The van der Waals surface area contributed by atoms with E-state index in [2.05, 4.69) is 5.32 Å². The fourth-order valence-corrected chi connectivity index (χ4v) is 4.99. The van der Waals surface area contributed by atoms with E-state index in [9.17, 15) is 9.59 Å². The molecule has 1 fully saturated rings. The average molecular weight is 412 g/mol. The molecule has 0 unspecified atom stereocenters. The first-order valence-electron chi connectivity index (χ1n) is 11.2. The summed E-state index contributed by atoms with van der Waals surface area (Å²) in [7, 11) is 1.66. The first-order chi connectivity index (χ1) is 14.5. The van der Waals surface area contributed by atoms with Crippen LogP contribution < -0.4 is 5.32 Å². The monoisotopic (exact) mass is 411 g/mol. The summed E-state index contributed by atoms with van der Waals surface area (Å²) in [6.45, 7) is 3.45. The minimum absolute atomic E-state index is 0.0383. The molecular formula is C24H33N3O3. The number of carbonyl (C=O) groups excluding carboxylic acids is 2. The number of rotatable bonds is 6. The third-order valence-electron chi connectivity index (χ3n) is 6.75. The minimum atomic E-state index is -0.925. The number of methoxy groups -OCH3 is 1. The minimum Gasteiger partial charge on any atom is -0.385 e. The number of carbonyl (C=O) groups is 2. The summed E-state index contributed by atoms with van der Waals surface area (Å²) in [5.74, 6) is -0.115. The Labute approximate surface area is 178 Å². The van der Waals surface area contributed by atoms with Crippen molar-refractivity contribution in [3.05, 3.63) is 36.0 Å². The van der Waals surface area contributed by atoms with E-state index in [4.69, 9.17) is 4.74 Å². The van der Waals surface area contributed by atoms with Crippen molar-refractivity contribution in [2.45, 2.75) is 70.0 Å². The van der Waals surface area contributed by atoms with Gasteiger partial charge in [-0.2, -0.15) is 0 Å². The van der Waals surface area contributed by atoms with Gasteiger partial charge in [0, 0.05) is 37.2 Å². The number of nitrogens with one attached hydrogen (secondary N) is 1. The highest BCUT2D eigenvalue weighted by Crippen LogP contribution is 2.33. The van der Waals surface area contributed by atoms with Crippen LogP contribution in [0.25, 0.3) is 10.9 Å². The third kappa shape index (κ3) is 3.85. The number of ether oxygens (including phenoxy) is 1. The predicted molar refractivity (Wildman–Crippen MR) is 118 cm³/mol. The lowest BCUT2D eigenvalue weighted by Gasteiger charge is -2.44. The van der Waals surface area contributed by atoms with Crippen molar-refractivity contribution in [3.63, 3.8) is 0 Å². The van der Waals surface area contributed by atoms with E-state index < -0.39 is 5.54 Å². The van der Waals surface area contributed by atoms with Gasteiger partial charge in [-0.05, 0) is 38.3 Å². The number of benzene rings is 1. The molecule has 0 spiro atoms. The molecule has 6 heteroatoms. The molecule has 1 aromatic heterocycles. The van der Waals surface area contributed by atoms with Gasteiger partial charge < -0.3 is 19.5 Å². The van der Waals surface area contributed by atoms with Crippen LogP contribution >= 0.6 is 0 Å². The molecule has 2 amide bonds. The Morgan fingerprint density at radius 3 is 2.67 bits per heavy atom. The average Bonchev–Trinajstić information content (AvgIpc) is 2.91. The van der Waals surface area contributed by atoms with Gasteiger partial charge in [-0.25, -0.2) is 0 Å². The lowest BCUT2D eigenvalue weighted by molar-refractivity contribution is -0.133. The molecule has 1 saturated carbocycles. The fourth-order valence-electron chi connectivity index (χ4n) is 4.99. The van der Waals surface area contributed by atoms with Gasteiger partial charge in [-0.1, -0.05) is 43.9 Å². The molecule has 30 heavy (non-hydrogen) atoms. The van der Waals surface area contributed by atoms with Crippen molar-refractivity contribution < 1.29 is 14.3 Å². The fraction of sp³-hybridized carbons (Fsp3) is 0.583. The Bertz CT molecular complexity index is 914. The first-order valence-corrected chi connectivity index (χ1v) is 11.2. The Morgan fingerprint density at radius 2 is 1.93 bits per heavy atom. The molecule has 2 aromatic rings. The zero-order valence-corrected chi connectivity index (χ0v) is 18.2. The van der Waals surface area contributed by atoms with E-state index in [1.54, 1.807) is 12.0 Å². The molecule has 0 saturated heterocycles. The summed E-state index contributed by atoms with van der Waals surface area (Å²) in [4.78, 5) is 28.9. The highest BCUT2D eigenvalue weighted by Gasteiger charge is 2.47. The third-order valence-corrected chi connectivity index (χ3v) is 6.75. The van der Waals surface area contributed by atoms with Crippen LogP contribution in [0.2, 0.25) is 0 Å². The van der Waals surface area contributed by atoms with Crippen molar-refractivity contribution in [1.29, 1.82) is 0 Å². The van der Waals surface area contributed by atoms with Gasteiger partial charge in [0.25, 0.3) is 5.91 Å². The van der Waals surface area contributed by atoms with E-state index in [1.807, 2.05) is 41.8 Å². The van der Waals surface area contributed by atoms with E-state index >= 15 is 0 Å². The summed E-state index contributed by atoms with van der Waals surface area (Å²) in [5, 5.41) is 4.34. The van der Waals surface area contributed by atoms with Gasteiger partial charge in [0.2, 0.25) is 5.91 Å². The van der Waals surface area contributed by atoms with Crippen LogP contribution in [0.5, 0.6) is 0 Å². The molecule has 2 aliphatic rings. The second-order valence-corrected chi connectivity index (χ2v) is 8.91. The second-order valence-electron chi connectivity index (χ2n) is 8.91. The van der Waals surface area contributed by atoms with Gasteiger partial charge in [0.05, 0.1) is 6.54 Å². The Morgan fingerprint density at radius 1 is 1.20 bits per heavy atom. The van der Waals surface area contributed by atoms with Crippen LogP contribution in [0.15, 0.2) is 30.3 Å². The first kappa shape index (κ1) is 20.9. The number of hydrogen-bond donors (Lipinski definition) is 1. The molecule has 1 aromatic carbocycles. The van der Waals surface area contributed by atoms with E-state index in [1.165, 1.54) is 12.8 Å². The number of nitrogens with zero attached hydrogens (tertiary/aromatic N) is 2. The standard InChI is InChI=1S/C24H33N3O3/c1-24(23(29)25-19-11-5-3-4-6-12-19)17-26-20-13-8-7-10-18(20)16-21(26)22(28)27(24)14-9-15-30-2/h7-8,10,13,16,19H,3-6,9,11-12,14-15,17H2,1-2H3,(H,25,29)/t24-/m0/s1. The van der Waals surface area contributed by atoms with Crippen molar-refractivity contribution in [1.82, 2.24) is 14.8 Å². The zero-order chi connectivity index (χ0) is 21.1. The highest BCUT2D eigenvalue weighted by molar-refractivity contribution is 6.03. The maximum absolute atomic E-state index is 13.6. The normalized spacial score (nSPS) is 22.7. The molecule has 162 valence electrons. The smallest absolute Gasteiger partial charge is 0.271 e. The molecule has 1 aliphatic heterocycles. The van der Waals surface area contributed by atoms with E-state index in [0.29, 0.717) is 31.8 Å². The molecule has 6 nitrogen and oxygen atoms in total. The zero-order valence-electron chi connectivity index (χ0n) is 18.2. The van der Waals surface area contributed by atoms with Crippen LogP contribution in [0.4, 0.5) is 0 Å². The molecule has 0 bridgehead atoms. The maximum Gasteiger partial charge on any atom is 0.271 e. The number of fused-ring (bicyclic) bond motifs is 3. The Kier molecular flexibility index (Phi) is 6.14. The lowest BCUT2D eigenvalue weighted by atomic mass is 9.93. The SMILES string of the molecule is COCCCN1C(=O)c2cc3ccccc3n2C[C@@]1(C)C(=O)NC1CCCCCC1. The topological polar surface area (TPSA) is 63.6 Å². The summed E-state index contributed by atoms with van der Waals surface area (Å²) in [5.41, 5.74) is 0.741. The van der Waals surface area contributed by atoms with Crippen LogP contribution in [0, 0.1) is 0 Å². The molecule has 4 rings (SSSR count). The van der Waals surface area contributed by atoms with Crippen molar-refractivity contribution >= 4 is 22.7 Å². The van der Waals surface area contributed by atoms with Gasteiger partial charge in [-0.3, -0.25) is 9.59 Å². The van der Waals surface area contributed by atoms with Gasteiger partial charge >= 0.3 is 0 Å². The Hall–Kier alpha value is -2.34. The van der Waals surface area contributed by atoms with E-state index in [-0.39, 0.29) is 17.9 Å². The summed E-state index contributed by atoms with van der Waals surface area (Å²) < 4.78 is 7.23. The van der Waals surface area contributed by atoms with Crippen LogP contribution in [0.3, 0.4) is 0 Å². The second kappa shape index (κ2) is 8.80. The molecule has 2 heterocycles. The molecule has 1 N–H and O–H groups in total. The number of amides is 2. The number of para-hydroxylation sites is 1. The van der Waals surface area contributed by atoms with Crippen LogP contribution in [0.1, 0.15) is 62.4 Å². The number of hydrogen-bond acceptors (Lipinski definition) is 3. The summed E-state index contributed by atoms with van der Waals surface area (Å²) >= 11 is 0. The van der Waals surface area contributed by atoms with Gasteiger partial charge in [0.15, 0.2) is 0 Å². The summed E-state index contributed by atoms with van der Waals surface area (Å²) in [6, 6.07) is 10.2. The predicted octanol–water partition coefficient (Wildman–Crippen LogP) is 3.73. The van der Waals surface area contributed by atoms with Gasteiger partial charge in [-0.15, -0.1) is 0 Å². The molecule has 1 aliphatic carbocycles. The molecule has 0 radical (unpaired) electrons. The quantitative estimate of drug-likeness (QED) is 0.582. The largest absolute Gasteiger partial charge is 0.385 e. The maximum atomic E-state index is 13.6. The van der Waals surface area contributed by atoms with Crippen LogP contribution in [-0.2, 0) is 16.1 Å². The lowest BCUT2D eigenvalue weighted by Crippen LogP contribution is -2.65. The Balaban J connectivity index is 1.66. The molecule has 1 atom stereocenters. The van der Waals surface area contributed by atoms with Crippen LogP contribution in [-0.4, -0.2) is 53.1 Å². The number of aromatic nitrogens is 1. The molecular weight excluding hydrogens is 378 g/mol. The van der Waals surface area contributed by atoms with E-state index in [0.717, 1.165) is 36.6 Å². The highest BCUT2D eigenvalue weighted by atomic mass is 16.5. The van der Waals surface area contributed by atoms with Gasteiger partial charge in [0.1, 0.15) is 11.2 Å².